The summed E-state index contributed by atoms with van der Waals surface area (Å²) in [4.78, 5) is 12.1. The Morgan fingerprint density at radius 2 is 2.14 bits per heavy atom. The number of carbonyl (C=O) groups excluding carboxylic acids is 1. The summed E-state index contributed by atoms with van der Waals surface area (Å²) in [5.74, 6) is 0.238. The molecule has 21 heavy (non-hydrogen) atoms. The Morgan fingerprint density at radius 1 is 1.43 bits per heavy atom. The highest BCUT2D eigenvalue weighted by Gasteiger charge is 2.43. The number of rotatable bonds is 5. The van der Waals surface area contributed by atoms with Gasteiger partial charge in [0.15, 0.2) is 0 Å². The smallest absolute Gasteiger partial charge is 0.240 e. The van der Waals surface area contributed by atoms with Gasteiger partial charge in [-0.3, -0.25) is 4.79 Å². The number of hydrogen-bond donors (Lipinski definition) is 2. The van der Waals surface area contributed by atoms with Crippen molar-refractivity contribution in [3.63, 3.8) is 0 Å². The molecule has 3 N–H and O–H groups in total. The molecule has 1 amide bonds. The minimum Gasteiger partial charge on any atom is -0.350 e. The second kappa shape index (κ2) is 5.33. The van der Waals surface area contributed by atoms with Crippen LogP contribution < -0.4 is 11.1 Å². The first kappa shape index (κ1) is 13.8. The average Bonchev–Trinajstić information content (AvgIpc) is 3.25. The van der Waals surface area contributed by atoms with E-state index < -0.39 is 5.54 Å². The van der Waals surface area contributed by atoms with Gasteiger partial charge in [0.25, 0.3) is 0 Å². The van der Waals surface area contributed by atoms with Gasteiger partial charge in [-0.2, -0.15) is 5.10 Å². The van der Waals surface area contributed by atoms with Crippen molar-refractivity contribution in [3.05, 3.63) is 48.3 Å². The molecule has 0 bridgehead atoms. The lowest BCUT2D eigenvalue weighted by molar-refractivity contribution is -0.126. The monoisotopic (exact) mass is 284 g/mol. The zero-order valence-electron chi connectivity index (χ0n) is 12.1. The summed E-state index contributed by atoms with van der Waals surface area (Å²) in [6.45, 7) is 2.26. The number of aromatic nitrogens is 2. The molecule has 1 saturated carbocycles. The van der Waals surface area contributed by atoms with Crippen molar-refractivity contribution in [2.75, 3.05) is 0 Å². The average molecular weight is 284 g/mol. The van der Waals surface area contributed by atoms with Crippen molar-refractivity contribution < 1.29 is 4.79 Å². The van der Waals surface area contributed by atoms with Gasteiger partial charge in [0.05, 0.1) is 17.4 Å². The third-order valence-corrected chi connectivity index (χ3v) is 4.02. The number of amides is 1. The summed E-state index contributed by atoms with van der Waals surface area (Å²) in [6, 6.07) is 9.87. The van der Waals surface area contributed by atoms with Crippen molar-refractivity contribution in [2.24, 2.45) is 11.7 Å². The van der Waals surface area contributed by atoms with Crippen molar-refractivity contribution in [1.82, 2.24) is 15.1 Å². The molecule has 0 aliphatic heterocycles. The number of hydrogen-bond acceptors (Lipinski definition) is 3. The summed E-state index contributed by atoms with van der Waals surface area (Å²) in [7, 11) is 0. The molecule has 2 aromatic rings. The quantitative estimate of drug-likeness (QED) is 0.876. The Labute approximate surface area is 124 Å². The summed E-state index contributed by atoms with van der Waals surface area (Å²) in [6.07, 6.45) is 5.78. The number of nitrogens with two attached hydrogens (primary N) is 1. The van der Waals surface area contributed by atoms with E-state index in [-0.39, 0.29) is 5.91 Å². The largest absolute Gasteiger partial charge is 0.350 e. The molecule has 0 saturated heterocycles. The fourth-order valence-corrected chi connectivity index (χ4v) is 2.41. The Balaban J connectivity index is 1.61. The molecule has 1 unspecified atom stereocenters. The van der Waals surface area contributed by atoms with E-state index in [0.717, 1.165) is 24.1 Å². The predicted octanol–water partition coefficient (Wildman–Crippen LogP) is 1.62. The molecule has 1 aliphatic carbocycles. The number of para-hydroxylation sites is 1. The van der Waals surface area contributed by atoms with Gasteiger partial charge in [-0.15, -0.1) is 0 Å². The number of carbonyl (C=O) groups is 1. The molecule has 0 spiro atoms. The number of nitrogens with one attached hydrogen (secondary N) is 1. The fourth-order valence-electron chi connectivity index (χ4n) is 2.41. The second-order valence-corrected chi connectivity index (χ2v) is 5.87. The summed E-state index contributed by atoms with van der Waals surface area (Å²) in [5, 5.41) is 7.22. The van der Waals surface area contributed by atoms with Crippen LogP contribution in [-0.4, -0.2) is 21.2 Å². The van der Waals surface area contributed by atoms with Crippen LogP contribution in [0.2, 0.25) is 0 Å². The van der Waals surface area contributed by atoms with E-state index >= 15 is 0 Å². The first-order valence-corrected chi connectivity index (χ1v) is 7.23. The molecular formula is C16H20N4O. The van der Waals surface area contributed by atoms with E-state index in [0.29, 0.717) is 12.5 Å². The van der Waals surface area contributed by atoms with Crippen LogP contribution in [0, 0.1) is 5.92 Å². The van der Waals surface area contributed by atoms with Crippen molar-refractivity contribution in [1.29, 1.82) is 0 Å². The van der Waals surface area contributed by atoms with Gasteiger partial charge in [0.1, 0.15) is 0 Å². The van der Waals surface area contributed by atoms with Crippen molar-refractivity contribution in [2.45, 2.75) is 31.8 Å². The normalized spacial score (nSPS) is 17.2. The van der Waals surface area contributed by atoms with Crippen LogP contribution in [0.4, 0.5) is 0 Å². The summed E-state index contributed by atoms with van der Waals surface area (Å²) in [5.41, 5.74) is 7.29. The van der Waals surface area contributed by atoms with Crippen molar-refractivity contribution in [3.8, 4) is 5.69 Å². The minimum absolute atomic E-state index is 0.0857. The first-order chi connectivity index (χ1) is 10.1. The van der Waals surface area contributed by atoms with Gasteiger partial charge >= 0.3 is 0 Å². The SMILES string of the molecule is CC(N)(C(=O)NCc1cnn(-c2ccccc2)c1)C1CC1. The molecular weight excluding hydrogens is 264 g/mol. The molecule has 110 valence electrons. The van der Waals surface area contributed by atoms with Crippen LogP contribution in [-0.2, 0) is 11.3 Å². The van der Waals surface area contributed by atoms with E-state index in [1.165, 1.54) is 0 Å². The topological polar surface area (TPSA) is 72.9 Å². The molecule has 0 radical (unpaired) electrons. The summed E-state index contributed by atoms with van der Waals surface area (Å²) < 4.78 is 1.80. The third-order valence-electron chi connectivity index (χ3n) is 4.02. The lowest BCUT2D eigenvalue weighted by Gasteiger charge is -2.22. The van der Waals surface area contributed by atoms with Gasteiger partial charge in [0.2, 0.25) is 5.91 Å². The van der Waals surface area contributed by atoms with E-state index in [9.17, 15) is 4.79 Å². The highest BCUT2D eigenvalue weighted by molar-refractivity contribution is 5.86. The van der Waals surface area contributed by atoms with E-state index in [4.69, 9.17) is 5.73 Å². The van der Waals surface area contributed by atoms with E-state index in [2.05, 4.69) is 10.4 Å². The third kappa shape index (κ3) is 2.97. The summed E-state index contributed by atoms with van der Waals surface area (Å²) >= 11 is 0. The number of nitrogens with zero attached hydrogens (tertiary/aromatic N) is 2. The molecule has 1 aliphatic rings. The lowest BCUT2D eigenvalue weighted by atomic mass is 9.96. The molecule has 3 rings (SSSR count). The van der Waals surface area contributed by atoms with Crippen molar-refractivity contribution >= 4 is 5.91 Å². The zero-order valence-corrected chi connectivity index (χ0v) is 12.1. The second-order valence-electron chi connectivity index (χ2n) is 5.87. The van der Waals surface area contributed by atoms with Crippen LogP contribution in [0.5, 0.6) is 0 Å². The van der Waals surface area contributed by atoms with E-state index in [1.54, 1.807) is 10.9 Å². The molecule has 1 heterocycles. The fraction of sp³-hybridized carbons (Fsp3) is 0.375. The maximum Gasteiger partial charge on any atom is 0.240 e. The van der Waals surface area contributed by atoms with Crippen LogP contribution in [0.15, 0.2) is 42.7 Å². The van der Waals surface area contributed by atoms with E-state index in [1.807, 2.05) is 43.5 Å². The van der Waals surface area contributed by atoms with Gasteiger partial charge in [-0.05, 0) is 37.8 Å². The highest BCUT2D eigenvalue weighted by atomic mass is 16.2. The standard InChI is InChI=1S/C16H20N4O/c1-16(17,13-7-8-13)15(21)18-9-12-10-19-20(11-12)14-5-3-2-4-6-14/h2-6,10-11,13H,7-9,17H2,1H3,(H,18,21). The molecule has 1 fully saturated rings. The van der Waals surface area contributed by atoms with Crippen LogP contribution in [0.3, 0.4) is 0 Å². The zero-order chi connectivity index (χ0) is 14.9. The Morgan fingerprint density at radius 3 is 2.81 bits per heavy atom. The maximum absolute atomic E-state index is 12.1. The highest BCUT2D eigenvalue weighted by Crippen LogP contribution is 2.38. The molecule has 5 nitrogen and oxygen atoms in total. The van der Waals surface area contributed by atoms with Gasteiger partial charge in [-0.25, -0.2) is 4.68 Å². The predicted molar refractivity (Wildman–Crippen MR) is 80.7 cm³/mol. The Kier molecular flexibility index (Phi) is 3.51. The van der Waals surface area contributed by atoms with Gasteiger partial charge in [-0.1, -0.05) is 18.2 Å². The maximum atomic E-state index is 12.1. The van der Waals surface area contributed by atoms with Crippen LogP contribution in [0.1, 0.15) is 25.3 Å². The number of benzene rings is 1. The molecule has 1 aromatic heterocycles. The Hall–Kier alpha value is -2.14. The minimum atomic E-state index is -0.755. The molecule has 1 aromatic carbocycles. The Bertz CT molecular complexity index is 629. The lowest BCUT2D eigenvalue weighted by Crippen LogP contribution is -2.53. The van der Waals surface area contributed by atoms with Gasteiger partial charge in [0, 0.05) is 18.3 Å². The molecule has 5 heteroatoms. The van der Waals surface area contributed by atoms with Crippen LogP contribution >= 0.6 is 0 Å². The first-order valence-electron chi connectivity index (χ1n) is 7.23. The van der Waals surface area contributed by atoms with Crippen LogP contribution in [0.25, 0.3) is 5.69 Å². The van der Waals surface area contributed by atoms with Gasteiger partial charge < -0.3 is 11.1 Å². The molecule has 1 atom stereocenters.